The zero-order chi connectivity index (χ0) is 16.7. The van der Waals surface area contributed by atoms with E-state index in [2.05, 4.69) is 6.58 Å². The van der Waals surface area contributed by atoms with E-state index in [0.717, 1.165) is 5.56 Å². The summed E-state index contributed by atoms with van der Waals surface area (Å²) < 4.78 is 32.4. The van der Waals surface area contributed by atoms with E-state index in [1.54, 1.807) is 30.3 Å². The van der Waals surface area contributed by atoms with Crippen molar-refractivity contribution in [1.82, 2.24) is 4.31 Å². The first-order valence-electron chi connectivity index (χ1n) is 7.45. The Morgan fingerprint density at radius 1 is 1.09 bits per heavy atom. The summed E-state index contributed by atoms with van der Waals surface area (Å²) in [5.41, 5.74) is 0.934. The van der Waals surface area contributed by atoms with Crippen molar-refractivity contribution in [2.75, 3.05) is 13.2 Å². The van der Waals surface area contributed by atoms with Crippen molar-refractivity contribution in [3.05, 3.63) is 72.8 Å². The van der Waals surface area contributed by atoms with E-state index in [9.17, 15) is 8.42 Å². The monoisotopic (exact) mass is 331 g/mol. The number of sulfonamides is 1. The molecule has 122 valence electrons. The van der Waals surface area contributed by atoms with Crippen molar-refractivity contribution < 1.29 is 13.2 Å². The third-order valence-electron chi connectivity index (χ3n) is 3.31. The van der Waals surface area contributed by atoms with Gasteiger partial charge in [-0.15, -0.1) is 6.58 Å². The van der Waals surface area contributed by atoms with Gasteiger partial charge >= 0.3 is 0 Å². The van der Waals surface area contributed by atoms with E-state index in [-0.39, 0.29) is 11.4 Å². The molecule has 0 bridgehead atoms. The second kappa shape index (κ2) is 7.94. The van der Waals surface area contributed by atoms with E-state index in [4.69, 9.17) is 4.74 Å². The van der Waals surface area contributed by atoms with E-state index in [1.165, 1.54) is 4.31 Å². The van der Waals surface area contributed by atoms with Crippen LogP contribution in [0.5, 0.6) is 5.75 Å². The third kappa shape index (κ3) is 4.43. The lowest BCUT2D eigenvalue weighted by Gasteiger charge is -2.21. The van der Waals surface area contributed by atoms with E-state index in [1.807, 2.05) is 37.3 Å². The summed E-state index contributed by atoms with van der Waals surface area (Å²) in [4.78, 5) is 0.249. The van der Waals surface area contributed by atoms with Gasteiger partial charge < -0.3 is 4.74 Å². The molecule has 0 fully saturated rings. The molecule has 0 saturated heterocycles. The molecule has 2 aromatic rings. The van der Waals surface area contributed by atoms with Gasteiger partial charge in [0.2, 0.25) is 10.0 Å². The number of rotatable bonds is 8. The highest BCUT2D eigenvalue weighted by Gasteiger charge is 2.23. The van der Waals surface area contributed by atoms with Crippen molar-refractivity contribution in [1.29, 1.82) is 0 Å². The fourth-order valence-electron chi connectivity index (χ4n) is 2.20. The van der Waals surface area contributed by atoms with Crippen molar-refractivity contribution >= 4 is 10.0 Å². The molecule has 0 aliphatic heterocycles. The van der Waals surface area contributed by atoms with Gasteiger partial charge in [0, 0.05) is 13.1 Å². The topological polar surface area (TPSA) is 46.6 Å². The molecule has 2 rings (SSSR count). The number of nitrogens with zero attached hydrogens (tertiary/aromatic N) is 1. The van der Waals surface area contributed by atoms with Crippen LogP contribution >= 0.6 is 0 Å². The van der Waals surface area contributed by atoms with Crippen LogP contribution in [-0.4, -0.2) is 25.9 Å². The molecule has 2 aromatic carbocycles. The maximum atomic E-state index is 12.8. The van der Waals surface area contributed by atoms with Gasteiger partial charge in [0.1, 0.15) is 5.75 Å². The highest BCUT2D eigenvalue weighted by Crippen LogP contribution is 2.21. The summed E-state index contributed by atoms with van der Waals surface area (Å²) >= 11 is 0. The van der Waals surface area contributed by atoms with Crippen LogP contribution in [0.2, 0.25) is 0 Å². The van der Waals surface area contributed by atoms with Crippen LogP contribution in [0.3, 0.4) is 0 Å². The molecule has 4 nitrogen and oxygen atoms in total. The minimum absolute atomic E-state index is 0.249. The number of ether oxygens (including phenoxy) is 1. The molecular formula is C18H21NO3S. The molecular weight excluding hydrogens is 310 g/mol. The average Bonchev–Trinajstić information content (AvgIpc) is 2.56. The van der Waals surface area contributed by atoms with Crippen molar-refractivity contribution in [3.63, 3.8) is 0 Å². The van der Waals surface area contributed by atoms with Gasteiger partial charge in [0.15, 0.2) is 0 Å². The molecule has 0 aliphatic rings. The molecule has 23 heavy (non-hydrogen) atoms. The summed E-state index contributed by atoms with van der Waals surface area (Å²) in [6.45, 7) is 6.65. The van der Waals surface area contributed by atoms with Crippen LogP contribution in [-0.2, 0) is 16.6 Å². The fourth-order valence-corrected chi connectivity index (χ4v) is 3.60. The van der Waals surface area contributed by atoms with Crippen molar-refractivity contribution in [2.24, 2.45) is 0 Å². The maximum absolute atomic E-state index is 12.8. The summed E-state index contributed by atoms with van der Waals surface area (Å²) in [6.07, 6.45) is 1.59. The van der Waals surface area contributed by atoms with Crippen LogP contribution in [0.25, 0.3) is 0 Å². The third-order valence-corrected chi connectivity index (χ3v) is 5.13. The summed E-state index contributed by atoms with van der Waals surface area (Å²) in [6, 6.07) is 16.0. The SMILES string of the molecule is C=CCN(Cc1ccccc1)S(=O)(=O)c1ccc(OCC)cc1. The quantitative estimate of drug-likeness (QED) is 0.696. The number of benzene rings is 2. The Morgan fingerprint density at radius 3 is 2.30 bits per heavy atom. The zero-order valence-electron chi connectivity index (χ0n) is 13.2. The predicted molar refractivity (Wildman–Crippen MR) is 91.8 cm³/mol. The number of hydrogen-bond acceptors (Lipinski definition) is 3. The Bertz CT molecular complexity index is 725. The minimum atomic E-state index is -3.59. The second-order valence-corrected chi connectivity index (χ2v) is 6.91. The molecule has 0 aromatic heterocycles. The van der Waals surface area contributed by atoms with Gasteiger partial charge in [-0.2, -0.15) is 4.31 Å². The first-order valence-corrected chi connectivity index (χ1v) is 8.89. The highest BCUT2D eigenvalue weighted by atomic mass is 32.2. The fraction of sp³-hybridized carbons (Fsp3) is 0.222. The number of hydrogen-bond donors (Lipinski definition) is 0. The second-order valence-electron chi connectivity index (χ2n) is 4.98. The summed E-state index contributed by atoms with van der Waals surface area (Å²) in [5.74, 6) is 0.657. The van der Waals surface area contributed by atoms with Crippen LogP contribution in [0.4, 0.5) is 0 Å². The molecule has 0 amide bonds. The van der Waals surface area contributed by atoms with Gasteiger partial charge in [-0.3, -0.25) is 0 Å². The molecule has 0 heterocycles. The molecule has 0 atom stereocenters. The molecule has 0 radical (unpaired) electrons. The van der Waals surface area contributed by atoms with Gasteiger partial charge in [-0.1, -0.05) is 36.4 Å². The minimum Gasteiger partial charge on any atom is -0.494 e. The Labute approximate surface area is 138 Å². The maximum Gasteiger partial charge on any atom is 0.243 e. The normalized spacial score (nSPS) is 11.4. The first kappa shape index (κ1) is 17.2. The van der Waals surface area contributed by atoms with Crippen molar-refractivity contribution in [2.45, 2.75) is 18.4 Å². The van der Waals surface area contributed by atoms with Crippen LogP contribution in [0, 0.1) is 0 Å². The van der Waals surface area contributed by atoms with E-state index in [0.29, 0.717) is 18.9 Å². The van der Waals surface area contributed by atoms with Crippen molar-refractivity contribution in [3.8, 4) is 5.75 Å². The molecule has 0 spiro atoms. The lowest BCUT2D eigenvalue weighted by molar-refractivity contribution is 0.340. The first-order chi connectivity index (χ1) is 11.1. The van der Waals surface area contributed by atoms with Gasteiger partial charge in [-0.25, -0.2) is 8.42 Å². The molecule has 0 aliphatic carbocycles. The Morgan fingerprint density at radius 2 is 1.74 bits per heavy atom. The van der Waals surface area contributed by atoms with Crippen LogP contribution in [0.1, 0.15) is 12.5 Å². The highest BCUT2D eigenvalue weighted by molar-refractivity contribution is 7.89. The van der Waals surface area contributed by atoms with Crippen LogP contribution < -0.4 is 4.74 Å². The molecule has 0 saturated carbocycles. The summed E-state index contributed by atoms with van der Waals surface area (Å²) in [7, 11) is -3.59. The average molecular weight is 331 g/mol. The predicted octanol–water partition coefficient (Wildman–Crippen LogP) is 3.46. The zero-order valence-corrected chi connectivity index (χ0v) is 14.0. The van der Waals surface area contributed by atoms with E-state index >= 15 is 0 Å². The Hall–Kier alpha value is -2.11. The largest absolute Gasteiger partial charge is 0.494 e. The Kier molecular flexibility index (Phi) is 5.96. The van der Waals surface area contributed by atoms with Gasteiger partial charge in [0.25, 0.3) is 0 Å². The van der Waals surface area contributed by atoms with Gasteiger partial charge in [-0.05, 0) is 36.8 Å². The van der Waals surface area contributed by atoms with E-state index < -0.39 is 10.0 Å². The summed E-state index contributed by atoms with van der Waals surface area (Å²) in [5, 5.41) is 0. The van der Waals surface area contributed by atoms with Gasteiger partial charge in [0.05, 0.1) is 11.5 Å². The molecule has 5 heteroatoms. The van der Waals surface area contributed by atoms with Crippen LogP contribution in [0.15, 0.2) is 72.1 Å². The molecule has 0 N–H and O–H groups in total. The molecule has 0 unspecified atom stereocenters. The lowest BCUT2D eigenvalue weighted by atomic mass is 10.2. The lowest BCUT2D eigenvalue weighted by Crippen LogP contribution is -2.30. The smallest absolute Gasteiger partial charge is 0.243 e. The Balaban J connectivity index is 2.27. The standard InChI is InChI=1S/C18H21NO3S/c1-3-14-19(15-16-8-6-5-7-9-16)23(20,21)18-12-10-17(11-13-18)22-4-2/h3,5-13H,1,4,14-15H2,2H3.